The van der Waals surface area contributed by atoms with Gasteiger partial charge in [-0.05, 0) is 80.5 Å². The Morgan fingerprint density at radius 1 is 0.700 bits per heavy atom. The molecule has 1 spiro atoms. The molecule has 234 valence electrons. The maximum Gasteiger partial charge on any atom is 0.0884 e. The molecule has 0 heterocycles. The summed E-state index contributed by atoms with van der Waals surface area (Å²) in [5, 5.41) is 19.4. The lowest BCUT2D eigenvalue weighted by atomic mass is 9.49. The average Bonchev–Trinajstić information content (AvgIpc) is 2.94. The Balaban J connectivity index is 2.04. The molecule has 0 radical (unpaired) electrons. The topological polar surface area (TPSA) is 58.9 Å². The molecule has 40 heavy (non-hydrogen) atoms. The molecule has 0 aliphatic heterocycles. The Morgan fingerprint density at radius 2 is 1.38 bits per heavy atom. The van der Waals surface area contributed by atoms with Gasteiger partial charge in [0, 0.05) is 5.92 Å². The van der Waals surface area contributed by atoms with Crippen molar-refractivity contribution in [3.8, 4) is 0 Å². The van der Waals surface area contributed by atoms with Gasteiger partial charge in [0.05, 0.1) is 13.2 Å². The van der Waals surface area contributed by atoms with Gasteiger partial charge in [-0.3, -0.25) is 10.5 Å². The van der Waals surface area contributed by atoms with Crippen molar-refractivity contribution in [3.63, 3.8) is 0 Å². The zero-order chi connectivity index (χ0) is 28.5. The van der Waals surface area contributed by atoms with Crippen LogP contribution in [0.5, 0.6) is 0 Å². The second kappa shape index (κ2) is 19.7. The second-order valence-corrected chi connectivity index (χ2v) is 14.1. The molecule has 6 atom stereocenters. The van der Waals surface area contributed by atoms with E-state index in [1.165, 1.54) is 141 Å². The van der Waals surface area contributed by atoms with Gasteiger partial charge in [-0.1, -0.05) is 128 Å². The first-order chi connectivity index (χ1) is 19.7. The van der Waals surface area contributed by atoms with Crippen molar-refractivity contribution in [1.29, 1.82) is 0 Å². The minimum Gasteiger partial charge on any atom is -0.252 e. The van der Waals surface area contributed by atoms with Gasteiger partial charge >= 0.3 is 0 Å². The lowest BCUT2D eigenvalue weighted by molar-refractivity contribution is -0.263. The fraction of sp³-hybridized carbons (Fsp3) is 0.944. The molecule has 0 aromatic rings. The van der Waals surface area contributed by atoms with Crippen LogP contribution < -0.4 is 0 Å². The van der Waals surface area contributed by atoms with Crippen molar-refractivity contribution in [2.24, 2.45) is 35.0 Å². The highest BCUT2D eigenvalue weighted by atomic mass is 17.1. The van der Waals surface area contributed by atoms with Gasteiger partial charge in [-0.2, -0.15) is 0 Å². The van der Waals surface area contributed by atoms with Gasteiger partial charge < -0.3 is 0 Å². The normalized spacial score (nSPS) is 33.4. The first-order valence-electron chi connectivity index (χ1n) is 17.9. The van der Waals surface area contributed by atoms with Gasteiger partial charge in [-0.15, -0.1) is 0 Å². The Morgan fingerprint density at radius 3 is 2.10 bits per heavy atom. The summed E-state index contributed by atoms with van der Waals surface area (Å²) in [5.41, 5.74) is 1.80. The SMILES string of the molecule is CCCCCCC1CCC2(CCCCCCC2COO)C(/C=C2/CCCCCCC2COO)C1CCCCCC. The Bertz CT molecular complexity index is 678. The predicted molar refractivity (Wildman–Crippen MR) is 167 cm³/mol. The molecule has 3 saturated carbocycles. The van der Waals surface area contributed by atoms with E-state index in [0.29, 0.717) is 31.0 Å². The summed E-state index contributed by atoms with van der Waals surface area (Å²) in [6, 6.07) is 0. The third-order valence-corrected chi connectivity index (χ3v) is 11.5. The van der Waals surface area contributed by atoms with E-state index in [1.54, 1.807) is 5.57 Å². The highest BCUT2D eigenvalue weighted by Gasteiger charge is 2.51. The molecule has 0 bridgehead atoms. The van der Waals surface area contributed by atoms with Crippen molar-refractivity contribution in [2.45, 2.75) is 168 Å². The van der Waals surface area contributed by atoms with Gasteiger partial charge in [0.25, 0.3) is 0 Å². The summed E-state index contributed by atoms with van der Waals surface area (Å²) in [7, 11) is 0. The highest BCUT2D eigenvalue weighted by Crippen LogP contribution is 2.59. The monoisotopic (exact) mass is 562 g/mol. The molecule has 0 aromatic carbocycles. The van der Waals surface area contributed by atoms with Crippen LogP contribution >= 0.6 is 0 Å². The molecule has 3 aliphatic carbocycles. The van der Waals surface area contributed by atoms with Crippen molar-refractivity contribution in [2.75, 3.05) is 13.2 Å². The largest absolute Gasteiger partial charge is 0.252 e. The van der Waals surface area contributed by atoms with E-state index in [0.717, 1.165) is 24.7 Å². The van der Waals surface area contributed by atoms with Crippen LogP contribution in [0.15, 0.2) is 11.6 Å². The molecule has 0 aromatic heterocycles. The lowest BCUT2D eigenvalue weighted by Gasteiger charge is -2.55. The van der Waals surface area contributed by atoms with Crippen molar-refractivity contribution < 1.29 is 20.3 Å². The standard InChI is InChI=1S/C36H66O4/c1-3-5-7-13-19-30-24-26-36(25-18-12-11-16-22-33(36)29-40-38)35(34(30)23-17-8-6-4-2)27-31-20-14-9-10-15-21-32(31)28-39-37/h27,30,32-35,37-38H,3-26,28-29H2,1-2H3/b31-27-. The van der Waals surface area contributed by atoms with E-state index in [-0.39, 0.29) is 5.41 Å². The summed E-state index contributed by atoms with van der Waals surface area (Å²) >= 11 is 0. The first kappa shape index (κ1) is 34.1. The summed E-state index contributed by atoms with van der Waals surface area (Å²) in [6.07, 6.45) is 34.1. The zero-order valence-electron chi connectivity index (χ0n) is 26.6. The molecule has 3 rings (SSSR count). The number of hydrogen-bond acceptors (Lipinski definition) is 4. The molecular weight excluding hydrogens is 496 g/mol. The van der Waals surface area contributed by atoms with E-state index in [1.807, 2.05) is 0 Å². The molecule has 3 fully saturated rings. The third-order valence-electron chi connectivity index (χ3n) is 11.5. The average molecular weight is 563 g/mol. The smallest absolute Gasteiger partial charge is 0.0884 e. The number of hydrogen-bond donors (Lipinski definition) is 2. The number of unbranched alkanes of at least 4 members (excludes halogenated alkanes) is 6. The van der Waals surface area contributed by atoms with Crippen molar-refractivity contribution >= 4 is 0 Å². The Labute approximate surface area is 247 Å². The van der Waals surface area contributed by atoms with Gasteiger partial charge in [-0.25, -0.2) is 9.78 Å². The summed E-state index contributed by atoms with van der Waals surface area (Å²) in [4.78, 5) is 9.89. The molecule has 4 nitrogen and oxygen atoms in total. The van der Waals surface area contributed by atoms with Crippen LogP contribution in [0.3, 0.4) is 0 Å². The lowest BCUT2D eigenvalue weighted by Crippen LogP contribution is -2.49. The van der Waals surface area contributed by atoms with Crippen LogP contribution in [0.1, 0.15) is 168 Å². The fourth-order valence-corrected chi connectivity index (χ4v) is 9.25. The van der Waals surface area contributed by atoms with Gasteiger partial charge in [0.15, 0.2) is 0 Å². The Kier molecular flexibility index (Phi) is 16.8. The Hall–Kier alpha value is -0.420. The van der Waals surface area contributed by atoms with Crippen LogP contribution in [0, 0.1) is 35.0 Å². The number of rotatable bonds is 15. The molecular formula is C36H66O4. The minimum atomic E-state index is 0.221. The molecule has 2 N–H and O–H groups in total. The van der Waals surface area contributed by atoms with E-state index < -0.39 is 0 Å². The minimum absolute atomic E-state index is 0.221. The maximum absolute atomic E-state index is 9.81. The maximum atomic E-state index is 9.81. The molecule has 3 aliphatic rings. The van der Waals surface area contributed by atoms with Crippen LogP contribution in [0.4, 0.5) is 0 Å². The summed E-state index contributed by atoms with van der Waals surface area (Å²) < 4.78 is 0. The molecule has 4 heteroatoms. The fourth-order valence-electron chi connectivity index (χ4n) is 9.25. The molecule has 0 amide bonds. The number of allylic oxidation sites excluding steroid dienone is 1. The van der Waals surface area contributed by atoms with Crippen molar-refractivity contribution in [3.05, 3.63) is 11.6 Å². The van der Waals surface area contributed by atoms with Gasteiger partial charge in [0.2, 0.25) is 0 Å². The highest BCUT2D eigenvalue weighted by molar-refractivity contribution is 5.16. The molecule has 0 saturated heterocycles. The van der Waals surface area contributed by atoms with Crippen LogP contribution in [-0.4, -0.2) is 23.7 Å². The summed E-state index contributed by atoms with van der Waals surface area (Å²) in [6.45, 7) is 5.58. The molecule has 6 unspecified atom stereocenters. The van der Waals surface area contributed by atoms with Crippen LogP contribution in [0.2, 0.25) is 0 Å². The van der Waals surface area contributed by atoms with Crippen molar-refractivity contribution in [1.82, 2.24) is 0 Å². The van der Waals surface area contributed by atoms with Crippen LogP contribution in [0.25, 0.3) is 0 Å². The predicted octanol–water partition coefficient (Wildman–Crippen LogP) is 11.4. The second-order valence-electron chi connectivity index (χ2n) is 14.1. The van der Waals surface area contributed by atoms with E-state index in [9.17, 15) is 10.5 Å². The van der Waals surface area contributed by atoms with Crippen LogP contribution in [-0.2, 0) is 9.78 Å². The van der Waals surface area contributed by atoms with E-state index in [4.69, 9.17) is 9.78 Å². The third kappa shape index (κ3) is 10.1. The van der Waals surface area contributed by atoms with E-state index in [2.05, 4.69) is 19.9 Å². The first-order valence-corrected chi connectivity index (χ1v) is 17.9. The summed E-state index contributed by atoms with van der Waals surface area (Å²) in [5.74, 6) is 2.86. The quantitative estimate of drug-likeness (QED) is 0.0901. The zero-order valence-corrected chi connectivity index (χ0v) is 26.6. The van der Waals surface area contributed by atoms with E-state index >= 15 is 0 Å². The van der Waals surface area contributed by atoms with Gasteiger partial charge in [0.1, 0.15) is 0 Å².